The maximum Gasteiger partial charge on any atom is 0.244 e. The molecule has 7 rings (SSSR count). The first-order valence-electron chi connectivity index (χ1n) is 14.1. The normalized spacial score (nSPS) is 14.9. The highest BCUT2D eigenvalue weighted by atomic mass is 35.5. The van der Waals surface area contributed by atoms with Gasteiger partial charge in [0.15, 0.2) is 0 Å². The van der Waals surface area contributed by atoms with Crippen LogP contribution in [0.25, 0.3) is 20.7 Å². The van der Waals surface area contributed by atoms with E-state index in [2.05, 4.69) is 20.4 Å². The summed E-state index contributed by atoms with van der Waals surface area (Å²) in [6.45, 7) is 1.55. The molecule has 0 unspecified atom stereocenters. The van der Waals surface area contributed by atoms with E-state index in [0.717, 1.165) is 50.4 Å². The number of carbonyl (C=O) groups is 1. The maximum atomic E-state index is 13.5. The SMILES string of the molecule is O=C(Cn1ncc2c1CCc1c-2sc2ncnc(Nc3ccc(OCc4cccc(F)c4)c(Cl)c3)c12)N1CCC(O)CC1. The zero-order chi connectivity index (χ0) is 29.5. The van der Waals surface area contributed by atoms with Crippen molar-refractivity contribution < 1.29 is 19.0 Å². The number of piperidine rings is 1. The molecule has 43 heavy (non-hydrogen) atoms. The van der Waals surface area contributed by atoms with Crippen molar-refractivity contribution in [2.24, 2.45) is 0 Å². The van der Waals surface area contributed by atoms with Gasteiger partial charge in [-0.2, -0.15) is 5.10 Å². The summed E-state index contributed by atoms with van der Waals surface area (Å²) >= 11 is 8.14. The summed E-state index contributed by atoms with van der Waals surface area (Å²) in [6, 6.07) is 11.7. The number of aryl methyl sites for hydroxylation is 1. The number of aromatic nitrogens is 4. The van der Waals surface area contributed by atoms with Gasteiger partial charge in [-0.25, -0.2) is 14.4 Å². The van der Waals surface area contributed by atoms with Crippen LogP contribution in [0.5, 0.6) is 5.75 Å². The molecule has 220 valence electrons. The standard InChI is InChI=1S/C31H28ClFN6O3S/c32-24-13-20(4-7-26(24)42-16-18-2-1-3-19(33)12-18)37-30-28-22-5-6-25-23(29(22)43-31(28)35-17-34-30)14-36-39(25)15-27(41)38-10-8-21(40)9-11-38/h1-4,7,12-14,17,21,40H,5-6,8-11,15-16H2,(H,34,35,37). The molecule has 1 saturated heterocycles. The Balaban J connectivity index is 1.10. The molecule has 2 aromatic carbocycles. The molecule has 0 saturated carbocycles. The number of amides is 1. The number of nitrogens with one attached hydrogen (secondary N) is 1. The number of rotatable bonds is 7. The Labute approximate surface area is 255 Å². The second kappa shape index (κ2) is 11.6. The summed E-state index contributed by atoms with van der Waals surface area (Å²) in [7, 11) is 0. The first-order valence-corrected chi connectivity index (χ1v) is 15.3. The van der Waals surface area contributed by atoms with Gasteiger partial charge < -0.3 is 20.1 Å². The number of hydrogen-bond donors (Lipinski definition) is 2. The fourth-order valence-electron chi connectivity index (χ4n) is 5.75. The zero-order valence-electron chi connectivity index (χ0n) is 23.1. The Morgan fingerprint density at radius 2 is 2.02 bits per heavy atom. The number of aliphatic hydroxyl groups is 1. The molecule has 0 atom stereocenters. The summed E-state index contributed by atoms with van der Waals surface area (Å²) in [5, 5.41) is 19.2. The smallest absolute Gasteiger partial charge is 0.244 e. The van der Waals surface area contributed by atoms with E-state index in [1.165, 1.54) is 12.1 Å². The van der Waals surface area contributed by atoms with Crippen molar-refractivity contribution in [2.45, 2.75) is 44.9 Å². The van der Waals surface area contributed by atoms with Crippen LogP contribution in [-0.2, 0) is 30.8 Å². The monoisotopic (exact) mass is 618 g/mol. The van der Waals surface area contributed by atoms with Gasteiger partial charge in [0.05, 0.1) is 22.7 Å². The molecule has 0 bridgehead atoms. The van der Waals surface area contributed by atoms with Crippen LogP contribution >= 0.6 is 22.9 Å². The second-order valence-corrected chi connectivity index (χ2v) is 12.2. The molecule has 1 aliphatic heterocycles. The van der Waals surface area contributed by atoms with Crippen LogP contribution in [0.4, 0.5) is 15.9 Å². The third-order valence-corrected chi connectivity index (χ3v) is 9.44. The molecule has 1 aliphatic carbocycles. The Morgan fingerprint density at radius 3 is 2.84 bits per heavy atom. The van der Waals surface area contributed by atoms with Gasteiger partial charge in [-0.3, -0.25) is 9.48 Å². The van der Waals surface area contributed by atoms with E-state index in [0.29, 0.717) is 48.1 Å². The van der Waals surface area contributed by atoms with Gasteiger partial charge in [0.25, 0.3) is 0 Å². The fraction of sp³-hybridized carbons (Fsp3) is 0.290. The molecule has 2 N–H and O–H groups in total. The van der Waals surface area contributed by atoms with Crippen molar-refractivity contribution in [1.29, 1.82) is 0 Å². The summed E-state index contributed by atoms with van der Waals surface area (Å²) in [5.41, 5.74) is 4.70. The van der Waals surface area contributed by atoms with Crippen molar-refractivity contribution in [2.75, 3.05) is 18.4 Å². The van der Waals surface area contributed by atoms with Crippen LogP contribution in [0.2, 0.25) is 5.02 Å². The number of carbonyl (C=O) groups excluding carboxylic acids is 1. The van der Waals surface area contributed by atoms with E-state index >= 15 is 0 Å². The Morgan fingerprint density at radius 1 is 1.16 bits per heavy atom. The zero-order valence-corrected chi connectivity index (χ0v) is 24.7. The Kier molecular flexibility index (Phi) is 7.46. The van der Waals surface area contributed by atoms with Crippen molar-refractivity contribution >= 4 is 50.6 Å². The molecule has 1 amide bonds. The Hall–Kier alpha value is -4.06. The van der Waals surface area contributed by atoms with Crippen LogP contribution < -0.4 is 10.1 Å². The van der Waals surface area contributed by atoms with Crippen molar-refractivity contribution in [3.8, 4) is 16.2 Å². The van der Waals surface area contributed by atoms with E-state index in [1.807, 2.05) is 21.8 Å². The van der Waals surface area contributed by atoms with Gasteiger partial charge in [0.2, 0.25) is 5.91 Å². The highest BCUT2D eigenvalue weighted by molar-refractivity contribution is 7.22. The fourth-order valence-corrected chi connectivity index (χ4v) is 7.21. The number of fused-ring (bicyclic) bond motifs is 5. The number of anilines is 2. The van der Waals surface area contributed by atoms with E-state index in [-0.39, 0.29) is 31.0 Å². The first-order chi connectivity index (χ1) is 20.9. The number of likely N-dealkylation sites (tertiary alicyclic amines) is 1. The van der Waals surface area contributed by atoms with Crippen molar-refractivity contribution in [3.63, 3.8) is 0 Å². The van der Waals surface area contributed by atoms with Gasteiger partial charge in [-0.1, -0.05) is 23.7 Å². The van der Waals surface area contributed by atoms with Crippen LogP contribution in [0.15, 0.2) is 55.0 Å². The van der Waals surface area contributed by atoms with Gasteiger partial charge in [-0.15, -0.1) is 11.3 Å². The quantitative estimate of drug-likeness (QED) is 0.239. The van der Waals surface area contributed by atoms with Crippen LogP contribution in [0.1, 0.15) is 29.7 Å². The average Bonchev–Trinajstić information content (AvgIpc) is 3.59. The lowest BCUT2D eigenvalue weighted by Gasteiger charge is -2.29. The molecule has 2 aliphatic rings. The average molecular weight is 619 g/mol. The van der Waals surface area contributed by atoms with Gasteiger partial charge in [-0.05, 0) is 67.1 Å². The van der Waals surface area contributed by atoms with E-state index < -0.39 is 0 Å². The summed E-state index contributed by atoms with van der Waals surface area (Å²) in [4.78, 5) is 25.9. The number of ether oxygens (including phenoxy) is 1. The predicted octanol–water partition coefficient (Wildman–Crippen LogP) is 5.75. The van der Waals surface area contributed by atoms with Gasteiger partial charge in [0, 0.05) is 34.9 Å². The number of halogens is 2. The molecular weight excluding hydrogens is 591 g/mol. The highest BCUT2D eigenvalue weighted by Crippen LogP contribution is 2.45. The largest absolute Gasteiger partial charge is 0.487 e. The van der Waals surface area contributed by atoms with Gasteiger partial charge >= 0.3 is 0 Å². The number of thiophene rings is 1. The lowest BCUT2D eigenvalue weighted by molar-refractivity contribution is -0.134. The van der Waals surface area contributed by atoms with Crippen LogP contribution in [0, 0.1) is 5.82 Å². The third-order valence-electron chi connectivity index (χ3n) is 7.97. The minimum Gasteiger partial charge on any atom is -0.487 e. The van der Waals surface area contributed by atoms with E-state index in [9.17, 15) is 14.3 Å². The molecule has 3 aromatic heterocycles. The van der Waals surface area contributed by atoms with Crippen LogP contribution in [0.3, 0.4) is 0 Å². The summed E-state index contributed by atoms with van der Waals surface area (Å²) in [6.07, 6.45) is 5.82. The topological polar surface area (TPSA) is 105 Å². The van der Waals surface area contributed by atoms with Crippen molar-refractivity contribution in [1.82, 2.24) is 24.6 Å². The Bertz CT molecular complexity index is 1830. The lowest BCUT2D eigenvalue weighted by Crippen LogP contribution is -2.41. The van der Waals surface area contributed by atoms with Gasteiger partial charge in [0.1, 0.15) is 41.7 Å². The molecular formula is C31H28ClFN6O3S. The highest BCUT2D eigenvalue weighted by Gasteiger charge is 2.29. The minimum absolute atomic E-state index is 0.0290. The molecule has 12 heteroatoms. The van der Waals surface area contributed by atoms with Crippen LogP contribution in [-0.4, -0.2) is 54.9 Å². The minimum atomic E-state index is -0.321. The molecule has 0 spiro atoms. The van der Waals surface area contributed by atoms with E-state index in [4.69, 9.17) is 16.3 Å². The molecule has 0 radical (unpaired) electrons. The maximum absolute atomic E-state index is 13.5. The lowest BCUT2D eigenvalue weighted by atomic mass is 9.95. The molecule has 5 aromatic rings. The van der Waals surface area contributed by atoms with E-state index in [1.54, 1.807) is 41.9 Å². The summed E-state index contributed by atoms with van der Waals surface area (Å²) < 4.78 is 21.1. The number of nitrogens with zero attached hydrogens (tertiary/aromatic N) is 5. The number of aliphatic hydroxyl groups excluding tert-OH is 1. The molecule has 9 nitrogen and oxygen atoms in total. The molecule has 1 fully saturated rings. The number of benzene rings is 2. The van der Waals surface area contributed by atoms with Crippen molar-refractivity contribution in [3.05, 3.63) is 82.6 Å². The number of hydrogen-bond acceptors (Lipinski definition) is 8. The third kappa shape index (κ3) is 5.55. The summed E-state index contributed by atoms with van der Waals surface area (Å²) in [5.74, 6) is 0.901. The molecule has 4 heterocycles. The predicted molar refractivity (Wildman–Crippen MR) is 163 cm³/mol. The first kappa shape index (κ1) is 27.8. The second-order valence-electron chi connectivity index (χ2n) is 10.8.